The quantitative estimate of drug-likeness (QED) is 0.818. The Bertz CT molecular complexity index is 495. The SMILES string of the molecule is CC1CCCCN1CCCNCc1cc(F)cc(C#N)c1. The normalized spacial score (nSPS) is 19.4. The van der Waals surface area contributed by atoms with E-state index >= 15 is 0 Å². The Morgan fingerprint density at radius 1 is 1.38 bits per heavy atom. The van der Waals surface area contributed by atoms with E-state index in [0.717, 1.165) is 25.1 Å². The van der Waals surface area contributed by atoms with E-state index in [-0.39, 0.29) is 5.82 Å². The van der Waals surface area contributed by atoms with Gasteiger partial charge < -0.3 is 10.2 Å². The molecule has 1 aromatic rings. The lowest BCUT2D eigenvalue weighted by atomic mass is 10.0. The molecule has 0 aliphatic carbocycles. The predicted molar refractivity (Wildman–Crippen MR) is 82.3 cm³/mol. The number of rotatable bonds is 6. The van der Waals surface area contributed by atoms with Gasteiger partial charge in [0.2, 0.25) is 0 Å². The highest BCUT2D eigenvalue weighted by molar-refractivity contribution is 5.33. The van der Waals surface area contributed by atoms with Crippen LogP contribution in [0.2, 0.25) is 0 Å². The third kappa shape index (κ3) is 5.11. The topological polar surface area (TPSA) is 39.1 Å². The summed E-state index contributed by atoms with van der Waals surface area (Å²) in [4.78, 5) is 2.56. The molecule has 1 heterocycles. The first kappa shape index (κ1) is 15.9. The van der Waals surface area contributed by atoms with Crippen LogP contribution in [0, 0.1) is 17.1 Å². The molecule has 1 aliphatic heterocycles. The van der Waals surface area contributed by atoms with Crippen molar-refractivity contribution in [2.45, 2.75) is 45.2 Å². The van der Waals surface area contributed by atoms with Gasteiger partial charge in [-0.05, 0) is 69.6 Å². The fourth-order valence-corrected chi connectivity index (χ4v) is 2.95. The molecule has 0 aromatic heterocycles. The van der Waals surface area contributed by atoms with E-state index in [2.05, 4.69) is 17.1 Å². The first-order chi connectivity index (χ1) is 10.2. The summed E-state index contributed by atoms with van der Waals surface area (Å²) in [5.41, 5.74) is 1.21. The van der Waals surface area contributed by atoms with E-state index in [1.54, 1.807) is 6.07 Å². The van der Waals surface area contributed by atoms with Gasteiger partial charge in [0.1, 0.15) is 5.82 Å². The summed E-state index contributed by atoms with van der Waals surface area (Å²) < 4.78 is 13.3. The highest BCUT2D eigenvalue weighted by atomic mass is 19.1. The second-order valence-electron chi connectivity index (χ2n) is 5.87. The van der Waals surface area contributed by atoms with Crippen LogP contribution < -0.4 is 5.32 Å². The maximum atomic E-state index is 13.3. The van der Waals surface area contributed by atoms with Crippen molar-refractivity contribution in [1.82, 2.24) is 10.2 Å². The Morgan fingerprint density at radius 3 is 3.00 bits per heavy atom. The molecule has 1 aliphatic rings. The number of hydrogen-bond acceptors (Lipinski definition) is 3. The fourth-order valence-electron chi connectivity index (χ4n) is 2.95. The molecule has 114 valence electrons. The number of likely N-dealkylation sites (tertiary alicyclic amines) is 1. The van der Waals surface area contributed by atoms with E-state index in [4.69, 9.17) is 5.26 Å². The summed E-state index contributed by atoms with van der Waals surface area (Å²) in [7, 11) is 0. The van der Waals surface area contributed by atoms with Crippen LogP contribution in [0.1, 0.15) is 43.7 Å². The van der Waals surface area contributed by atoms with E-state index in [0.29, 0.717) is 18.2 Å². The Hall–Kier alpha value is -1.44. The van der Waals surface area contributed by atoms with Gasteiger partial charge in [-0.15, -0.1) is 0 Å². The molecule has 1 aromatic carbocycles. The minimum Gasteiger partial charge on any atom is -0.313 e. The summed E-state index contributed by atoms with van der Waals surface area (Å²) >= 11 is 0. The largest absolute Gasteiger partial charge is 0.313 e. The highest BCUT2D eigenvalue weighted by Gasteiger charge is 2.16. The number of nitriles is 1. The molecule has 0 spiro atoms. The summed E-state index contributed by atoms with van der Waals surface area (Å²) in [6.45, 7) is 6.18. The van der Waals surface area contributed by atoms with Gasteiger partial charge >= 0.3 is 0 Å². The lowest BCUT2D eigenvalue weighted by molar-refractivity contribution is 0.159. The molecule has 1 atom stereocenters. The third-order valence-corrected chi connectivity index (χ3v) is 4.16. The van der Waals surface area contributed by atoms with E-state index in [1.807, 2.05) is 6.07 Å². The molecule has 4 heteroatoms. The molecular weight excluding hydrogens is 265 g/mol. The molecule has 1 fully saturated rings. The number of nitrogens with zero attached hydrogens (tertiary/aromatic N) is 2. The van der Waals surface area contributed by atoms with Crippen LogP contribution in [-0.2, 0) is 6.54 Å². The van der Waals surface area contributed by atoms with Crippen LogP contribution in [-0.4, -0.2) is 30.6 Å². The first-order valence-electron chi connectivity index (χ1n) is 7.83. The van der Waals surface area contributed by atoms with Gasteiger partial charge in [-0.25, -0.2) is 4.39 Å². The zero-order valence-electron chi connectivity index (χ0n) is 12.7. The van der Waals surface area contributed by atoms with Gasteiger partial charge in [0.15, 0.2) is 0 Å². The van der Waals surface area contributed by atoms with Crippen molar-refractivity contribution in [3.63, 3.8) is 0 Å². The molecule has 0 saturated carbocycles. The molecule has 1 saturated heterocycles. The zero-order valence-corrected chi connectivity index (χ0v) is 12.7. The van der Waals surface area contributed by atoms with Crippen molar-refractivity contribution in [3.8, 4) is 6.07 Å². The van der Waals surface area contributed by atoms with Crippen LogP contribution in [0.25, 0.3) is 0 Å². The molecule has 0 amide bonds. The van der Waals surface area contributed by atoms with Crippen molar-refractivity contribution in [2.75, 3.05) is 19.6 Å². The molecule has 21 heavy (non-hydrogen) atoms. The Labute approximate surface area is 126 Å². The second-order valence-corrected chi connectivity index (χ2v) is 5.87. The van der Waals surface area contributed by atoms with Crippen molar-refractivity contribution >= 4 is 0 Å². The van der Waals surface area contributed by atoms with Crippen LogP contribution in [0.3, 0.4) is 0 Å². The van der Waals surface area contributed by atoms with Crippen LogP contribution >= 0.6 is 0 Å². The first-order valence-corrected chi connectivity index (χ1v) is 7.83. The van der Waals surface area contributed by atoms with Crippen LogP contribution in [0.5, 0.6) is 0 Å². The number of halogens is 1. The molecule has 3 nitrogen and oxygen atoms in total. The number of hydrogen-bond donors (Lipinski definition) is 1. The van der Waals surface area contributed by atoms with Gasteiger partial charge in [0.25, 0.3) is 0 Å². The zero-order chi connectivity index (χ0) is 15.1. The van der Waals surface area contributed by atoms with E-state index in [9.17, 15) is 4.39 Å². The van der Waals surface area contributed by atoms with Gasteiger partial charge in [0, 0.05) is 12.6 Å². The van der Waals surface area contributed by atoms with Gasteiger partial charge in [-0.2, -0.15) is 5.26 Å². The van der Waals surface area contributed by atoms with Gasteiger partial charge in [0.05, 0.1) is 11.6 Å². The summed E-state index contributed by atoms with van der Waals surface area (Å²) in [5.74, 6) is -0.340. The fraction of sp³-hybridized carbons (Fsp3) is 0.588. The minimum atomic E-state index is -0.340. The maximum Gasteiger partial charge on any atom is 0.124 e. The molecule has 0 radical (unpaired) electrons. The van der Waals surface area contributed by atoms with Gasteiger partial charge in [-0.3, -0.25) is 0 Å². The van der Waals surface area contributed by atoms with Crippen molar-refractivity contribution in [2.24, 2.45) is 0 Å². The van der Waals surface area contributed by atoms with Crippen LogP contribution in [0.15, 0.2) is 18.2 Å². The van der Waals surface area contributed by atoms with Crippen LogP contribution in [0.4, 0.5) is 4.39 Å². The Balaban J connectivity index is 1.68. The van der Waals surface area contributed by atoms with Crippen molar-refractivity contribution in [3.05, 3.63) is 35.1 Å². The van der Waals surface area contributed by atoms with E-state index in [1.165, 1.54) is 37.9 Å². The average Bonchev–Trinajstić information content (AvgIpc) is 2.48. The Kier molecular flexibility index (Phi) is 6.16. The smallest absolute Gasteiger partial charge is 0.124 e. The number of benzene rings is 1. The number of nitrogens with one attached hydrogen (secondary N) is 1. The minimum absolute atomic E-state index is 0.340. The predicted octanol–water partition coefficient (Wildman–Crippen LogP) is 3.05. The summed E-state index contributed by atoms with van der Waals surface area (Å²) in [6, 6.07) is 7.18. The second kappa shape index (κ2) is 8.11. The van der Waals surface area contributed by atoms with Gasteiger partial charge in [-0.1, -0.05) is 6.42 Å². The molecule has 1 unspecified atom stereocenters. The summed E-state index contributed by atoms with van der Waals surface area (Å²) in [6.07, 6.45) is 5.09. The lowest BCUT2D eigenvalue weighted by Crippen LogP contribution is -2.38. The molecule has 2 rings (SSSR count). The molecule has 0 bridgehead atoms. The van der Waals surface area contributed by atoms with E-state index < -0.39 is 0 Å². The molecule has 1 N–H and O–H groups in total. The highest BCUT2D eigenvalue weighted by Crippen LogP contribution is 2.16. The third-order valence-electron chi connectivity index (χ3n) is 4.16. The standard InChI is InChI=1S/C17H24FN3/c1-14-5-2-3-7-21(14)8-4-6-20-13-16-9-15(12-19)10-17(18)11-16/h9-11,14,20H,2-8,13H2,1H3. The molecular formula is C17H24FN3. The lowest BCUT2D eigenvalue weighted by Gasteiger charge is -2.33. The summed E-state index contributed by atoms with van der Waals surface area (Å²) in [5, 5.41) is 12.2. The van der Waals surface area contributed by atoms with Crippen molar-refractivity contribution < 1.29 is 4.39 Å². The Morgan fingerprint density at radius 2 is 2.24 bits per heavy atom. The monoisotopic (exact) mass is 289 g/mol. The number of piperidine rings is 1. The maximum absolute atomic E-state index is 13.3. The average molecular weight is 289 g/mol. The van der Waals surface area contributed by atoms with Crippen molar-refractivity contribution in [1.29, 1.82) is 5.26 Å².